The van der Waals surface area contributed by atoms with Crippen LogP contribution in [0.15, 0.2) is 0 Å². The van der Waals surface area contributed by atoms with Gasteiger partial charge in [-0.05, 0) is 32.9 Å². The maximum absolute atomic E-state index is 12.3. The van der Waals surface area contributed by atoms with Gasteiger partial charge in [-0.25, -0.2) is 0 Å². The molecule has 4 nitrogen and oxygen atoms in total. The van der Waals surface area contributed by atoms with Gasteiger partial charge in [0, 0.05) is 25.7 Å². The first kappa shape index (κ1) is 13.8. The average molecular weight is 253 g/mol. The summed E-state index contributed by atoms with van der Waals surface area (Å²) in [5.41, 5.74) is 0. The summed E-state index contributed by atoms with van der Waals surface area (Å²) in [5.74, 6) is 0.312. The summed E-state index contributed by atoms with van der Waals surface area (Å²) in [4.78, 5) is 16.6. The van der Waals surface area contributed by atoms with Gasteiger partial charge in [0.2, 0.25) is 5.91 Å². The molecule has 1 saturated carbocycles. The predicted molar refractivity (Wildman–Crippen MR) is 73.6 cm³/mol. The Morgan fingerprint density at radius 3 is 2.72 bits per heavy atom. The van der Waals surface area contributed by atoms with Gasteiger partial charge in [-0.1, -0.05) is 19.3 Å². The van der Waals surface area contributed by atoms with Crippen LogP contribution in [0.1, 0.15) is 38.5 Å². The molecular weight excluding hydrogens is 226 g/mol. The monoisotopic (exact) mass is 253 g/mol. The summed E-state index contributed by atoms with van der Waals surface area (Å²) in [6.07, 6.45) is 7.65. The van der Waals surface area contributed by atoms with Gasteiger partial charge in [0.25, 0.3) is 0 Å². The van der Waals surface area contributed by atoms with Crippen molar-refractivity contribution in [2.45, 2.75) is 44.6 Å². The number of hydrogen-bond acceptors (Lipinski definition) is 3. The summed E-state index contributed by atoms with van der Waals surface area (Å²) in [6.45, 7) is 4.38. The van der Waals surface area contributed by atoms with E-state index in [4.69, 9.17) is 0 Å². The van der Waals surface area contributed by atoms with Crippen LogP contribution in [0.5, 0.6) is 0 Å². The number of carbonyl (C=O) groups is 1. The first-order chi connectivity index (χ1) is 8.77. The molecule has 1 N–H and O–H groups in total. The fourth-order valence-corrected chi connectivity index (χ4v) is 3.06. The molecule has 0 unspecified atom stereocenters. The van der Waals surface area contributed by atoms with Gasteiger partial charge >= 0.3 is 0 Å². The summed E-state index contributed by atoms with van der Waals surface area (Å²) < 4.78 is 0. The molecule has 4 heteroatoms. The zero-order valence-corrected chi connectivity index (χ0v) is 11.7. The van der Waals surface area contributed by atoms with Gasteiger partial charge in [-0.15, -0.1) is 0 Å². The number of amides is 1. The van der Waals surface area contributed by atoms with Crippen LogP contribution in [0.4, 0.5) is 0 Å². The van der Waals surface area contributed by atoms with Crippen molar-refractivity contribution in [1.29, 1.82) is 0 Å². The average Bonchev–Trinajstić information content (AvgIpc) is 2.68. The Kier molecular flexibility index (Phi) is 5.45. The molecule has 0 bridgehead atoms. The number of carbonyl (C=O) groups excluding carboxylic acids is 1. The Hall–Kier alpha value is -0.610. The van der Waals surface area contributed by atoms with Crippen LogP contribution < -0.4 is 5.32 Å². The predicted octanol–water partition coefficient (Wildman–Crippen LogP) is 1.07. The van der Waals surface area contributed by atoms with E-state index in [0.717, 1.165) is 32.6 Å². The third-order valence-electron chi connectivity index (χ3n) is 4.28. The minimum Gasteiger partial charge on any atom is -0.340 e. The maximum Gasteiger partial charge on any atom is 0.236 e. The molecule has 1 aliphatic carbocycles. The van der Waals surface area contributed by atoms with Crippen molar-refractivity contribution < 1.29 is 4.79 Å². The van der Waals surface area contributed by atoms with Crippen molar-refractivity contribution in [2.75, 3.05) is 39.8 Å². The van der Waals surface area contributed by atoms with E-state index in [1.54, 1.807) is 0 Å². The first-order valence-corrected chi connectivity index (χ1v) is 7.46. The van der Waals surface area contributed by atoms with Crippen molar-refractivity contribution >= 4 is 5.91 Å². The molecule has 1 heterocycles. The van der Waals surface area contributed by atoms with Gasteiger partial charge < -0.3 is 10.2 Å². The number of hydrogen-bond donors (Lipinski definition) is 1. The zero-order valence-electron chi connectivity index (χ0n) is 11.7. The molecule has 2 aliphatic rings. The molecule has 0 aromatic heterocycles. The summed E-state index contributed by atoms with van der Waals surface area (Å²) in [5, 5.41) is 3.34. The summed E-state index contributed by atoms with van der Waals surface area (Å²) in [7, 11) is 2.12. The third-order valence-corrected chi connectivity index (χ3v) is 4.28. The molecule has 2 fully saturated rings. The second-order valence-electron chi connectivity index (χ2n) is 5.69. The van der Waals surface area contributed by atoms with Crippen molar-refractivity contribution in [3.63, 3.8) is 0 Å². The summed E-state index contributed by atoms with van der Waals surface area (Å²) >= 11 is 0. The standard InChI is InChI=1S/C14H27N3O/c1-16(13-6-3-2-4-7-13)12-14(18)17-10-5-8-15-9-11-17/h13,15H,2-12H2,1H3. The minimum atomic E-state index is 0.312. The number of nitrogens with one attached hydrogen (secondary N) is 1. The first-order valence-electron chi connectivity index (χ1n) is 7.46. The fourth-order valence-electron chi connectivity index (χ4n) is 3.06. The molecule has 1 amide bonds. The number of nitrogens with zero attached hydrogens (tertiary/aromatic N) is 2. The van der Waals surface area contributed by atoms with E-state index in [1.165, 1.54) is 32.1 Å². The van der Waals surface area contributed by atoms with Gasteiger partial charge in [0.15, 0.2) is 0 Å². The van der Waals surface area contributed by atoms with Gasteiger partial charge in [-0.3, -0.25) is 9.69 Å². The van der Waals surface area contributed by atoms with Gasteiger partial charge in [0.05, 0.1) is 6.54 Å². The second kappa shape index (κ2) is 7.10. The van der Waals surface area contributed by atoms with E-state index in [0.29, 0.717) is 18.5 Å². The molecule has 0 radical (unpaired) electrons. The molecule has 1 aliphatic heterocycles. The molecule has 2 rings (SSSR count). The lowest BCUT2D eigenvalue weighted by molar-refractivity contribution is -0.132. The van der Waals surface area contributed by atoms with Gasteiger partial charge in [-0.2, -0.15) is 0 Å². The lowest BCUT2D eigenvalue weighted by Crippen LogP contribution is -2.44. The van der Waals surface area contributed by atoms with E-state index in [2.05, 4.69) is 17.3 Å². The van der Waals surface area contributed by atoms with Crippen LogP contribution in [0.25, 0.3) is 0 Å². The van der Waals surface area contributed by atoms with Crippen molar-refractivity contribution in [3.8, 4) is 0 Å². The third kappa shape index (κ3) is 3.95. The SMILES string of the molecule is CN(CC(=O)N1CCCNCC1)C1CCCCC1. The van der Waals surface area contributed by atoms with Crippen LogP contribution in [0.3, 0.4) is 0 Å². The maximum atomic E-state index is 12.3. The highest BCUT2D eigenvalue weighted by Gasteiger charge is 2.22. The lowest BCUT2D eigenvalue weighted by atomic mass is 9.94. The topological polar surface area (TPSA) is 35.6 Å². The number of rotatable bonds is 3. The van der Waals surface area contributed by atoms with E-state index in [1.807, 2.05) is 4.90 Å². The highest BCUT2D eigenvalue weighted by atomic mass is 16.2. The molecule has 0 aromatic rings. The highest BCUT2D eigenvalue weighted by molar-refractivity contribution is 5.78. The molecule has 18 heavy (non-hydrogen) atoms. The van der Waals surface area contributed by atoms with Crippen LogP contribution in [-0.4, -0.2) is 61.5 Å². The Morgan fingerprint density at radius 2 is 1.94 bits per heavy atom. The number of likely N-dealkylation sites (N-methyl/N-ethyl adjacent to an activating group) is 1. The van der Waals surface area contributed by atoms with E-state index in [-0.39, 0.29) is 0 Å². The largest absolute Gasteiger partial charge is 0.340 e. The van der Waals surface area contributed by atoms with Crippen molar-refractivity contribution in [2.24, 2.45) is 0 Å². The Bertz CT molecular complexity index is 256. The lowest BCUT2D eigenvalue weighted by Gasteiger charge is -2.32. The molecular formula is C14H27N3O. The Labute approximate surface area is 111 Å². The normalized spacial score (nSPS) is 23.1. The van der Waals surface area contributed by atoms with Crippen LogP contribution in [-0.2, 0) is 4.79 Å². The molecule has 1 saturated heterocycles. The van der Waals surface area contributed by atoms with Crippen LogP contribution >= 0.6 is 0 Å². The molecule has 0 atom stereocenters. The molecule has 0 spiro atoms. The van der Waals surface area contributed by atoms with E-state index < -0.39 is 0 Å². The summed E-state index contributed by atoms with van der Waals surface area (Å²) in [6, 6.07) is 0.632. The fraction of sp³-hybridized carbons (Fsp3) is 0.929. The van der Waals surface area contributed by atoms with Crippen molar-refractivity contribution in [1.82, 2.24) is 15.1 Å². The van der Waals surface area contributed by atoms with Gasteiger partial charge in [0.1, 0.15) is 0 Å². The minimum absolute atomic E-state index is 0.312. The molecule has 104 valence electrons. The Balaban J connectivity index is 1.77. The Morgan fingerprint density at radius 1 is 1.17 bits per heavy atom. The molecule has 0 aromatic carbocycles. The zero-order chi connectivity index (χ0) is 12.8. The smallest absolute Gasteiger partial charge is 0.236 e. The van der Waals surface area contributed by atoms with Crippen LogP contribution in [0, 0.1) is 0 Å². The van der Waals surface area contributed by atoms with E-state index in [9.17, 15) is 4.79 Å². The van der Waals surface area contributed by atoms with Crippen LogP contribution in [0.2, 0.25) is 0 Å². The van der Waals surface area contributed by atoms with Crippen molar-refractivity contribution in [3.05, 3.63) is 0 Å². The highest BCUT2D eigenvalue weighted by Crippen LogP contribution is 2.21. The quantitative estimate of drug-likeness (QED) is 0.817. The second-order valence-corrected chi connectivity index (χ2v) is 5.69. The van der Waals surface area contributed by atoms with E-state index >= 15 is 0 Å².